The molecule has 0 atom stereocenters. The molecule has 0 saturated heterocycles. The number of aryl methyl sites for hydroxylation is 1. The van der Waals surface area contributed by atoms with Crippen molar-refractivity contribution in [3.63, 3.8) is 0 Å². The van der Waals surface area contributed by atoms with Crippen molar-refractivity contribution in [3.8, 4) is 0 Å². The average Bonchev–Trinajstić information content (AvgIpc) is 2.72. The summed E-state index contributed by atoms with van der Waals surface area (Å²) in [5.74, 6) is 0. The largest absolute Gasteiger partial charge is 0.310 e. The zero-order valence-electron chi connectivity index (χ0n) is 9.44. The molecule has 1 aromatic heterocycles. The van der Waals surface area contributed by atoms with Gasteiger partial charge in [0.2, 0.25) is 0 Å². The van der Waals surface area contributed by atoms with Gasteiger partial charge in [-0.3, -0.25) is 0 Å². The normalized spacial score (nSPS) is 10.6. The van der Waals surface area contributed by atoms with Gasteiger partial charge < -0.3 is 5.32 Å². The molecule has 0 amide bonds. The van der Waals surface area contributed by atoms with Crippen molar-refractivity contribution in [1.82, 2.24) is 10.3 Å². The van der Waals surface area contributed by atoms with Crippen LogP contribution in [0.25, 0.3) is 0 Å². The molecule has 0 unspecified atom stereocenters. The van der Waals surface area contributed by atoms with E-state index in [0.29, 0.717) is 0 Å². The molecule has 1 aromatic carbocycles. The molecule has 1 N–H and O–H groups in total. The zero-order valence-corrected chi connectivity index (χ0v) is 10.3. The smallest absolute Gasteiger partial charge is 0.107 e. The number of rotatable bonds is 5. The Balaban J connectivity index is 1.69. The minimum atomic E-state index is 0.880. The van der Waals surface area contributed by atoms with E-state index in [-0.39, 0.29) is 0 Å². The molecule has 1 heterocycles. The van der Waals surface area contributed by atoms with Crippen LogP contribution in [-0.4, -0.2) is 11.5 Å². The van der Waals surface area contributed by atoms with Crippen LogP contribution in [0.3, 0.4) is 0 Å². The fraction of sp³-hybridized carbons (Fsp3) is 0.308. The summed E-state index contributed by atoms with van der Waals surface area (Å²) in [6.45, 7) is 3.97. The van der Waals surface area contributed by atoms with Crippen molar-refractivity contribution in [2.24, 2.45) is 0 Å². The third-order valence-electron chi connectivity index (χ3n) is 2.38. The maximum Gasteiger partial charge on any atom is 0.107 e. The van der Waals surface area contributed by atoms with Gasteiger partial charge in [0, 0.05) is 17.6 Å². The summed E-state index contributed by atoms with van der Waals surface area (Å²) in [6.07, 6.45) is 3.00. The minimum absolute atomic E-state index is 0.880. The Kier molecular flexibility index (Phi) is 4.08. The van der Waals surface area contributed by atoms with Crippen LogP contribution >= 0.6 is 11.3 Å². The first-order valence-corrected chi connectivity index (χ1v) is 6.32. The van der Waals surface area contributed by atoms with E-state index in [2.05, 4.69) is 47.6 Å². The molecule has 0 spiro atoms. The van der Waals surface area contributed by atoms with Gasteiger partial charge in [-0.05, 0) is 25.5 Å². The minimum Gasteiger partial charge on any atom is -0.310 e. The summed E-state index contributed by atoms with van der Waals surface area (Å²) in [5.41, 5.74) is 1.38. The molecular weight excluding hydrogens is 216 g/mol. The second-order valence-corrected chi connectivity index (χ2v) is 5.10. The maximum atomic E-state index is 4.32. The van der Waals surface area contributed by atoms with E-state index in [0.717, 1.165) is 19.5 Å². The van der Waals surface area contributed by atoms with Gasteiger partial charge in [-0.15, -0.1) is 11.3 Å². The lowest BCUT2D eigenvalue weighted by Crippen LogP contribution is -2.16. The molecule has 0 fully saturated rings. The predicted molar refractivity (Wildman–Crippen MR) is 68.7 cm³/mol. The Morgan fingerprint density at radius 1 is 1.25 bits per heavy atom. The molecule has 0 radical (unpaired) electrons. The Morgan fingerprint density at radius 2 is 2.06 bits per heavy atom. The van der Waals surface area contributed by atoms with E-state index >= 15 is 0 Å². The molecule has 0 aliphatic rings. The highest BCUT2D eigenvalue weighted by Gasteiger charge is 1.97. The van der Waals surface area contributed by atoms with Gasteiger partial charge in [-0.1, -0.05) is 30.3 Å². The third-order valence-corrected chi connectivity index (χ3v) is 3.29. The Hall–Kier alpha value is -1.19. The van der Waals surface area contributed by atoms with E-state index < -0.39 is 0 Å². The highest BCUT2D eigenvalue weighted by Crippen LogP contribution is 2.10. The number of benzene rings is 1. The summed E-state index contributed by atoms with van der Waals surface area (Å²) in [5, 5.41) is 4.58. The Labute approximate surface area is 100 Å². The predicted octanol–water partition coefficient (Wildman–Crippen LogP) is 2.78. The second-order valence-electron chi connectivity index (χ2n) is 3.78. The van der Waals surface area contributed by atoms with Gasteiger partial charge in [-0.2, -0.15) is 0 Å². The number of hydrogen-bond donors (Lipinski definition) is 1. The molecule has 84 valence electrons. The quantitative estimate of drug-likeness (QED) is 0.802. The number of hydrogen-bond acceptors (Lipinski definition) is 3. The topological polar surface area (TPSA) is 24.9 Å². The number of nitrogens with one attached hydrogen (secondary N) is 1. The highest BCUT2D eigenvalue weighted by molar-refractivity contribution is 7.11. The number of nitrogens with zero attached hydrogens (tertiary/aromatic N) is 1. The summed E-state index contributed by atoms with van der Waals surface area (Å²) >= 11 is 1.76. The molecule has 2 nitrogen and oxygen atoms in total. The number of aromatic nitrogens is 1. The van der Waals surface area contributed by atoms with Crippen LogP contribution < -0.4 is 5.32 Å². The van der Waals surface area contributed by atoms with Crippen molar-refractivity contribution in [2.75, 3.05) is 6.54 Å². The lowest BCUT2D eigenvalue weighted by Gasteiger charge is -2.02. The maximum absolute atomic E-state index is 4.32. The van der Waals surface area contributed by atoms with Gasteiger partial charge in [0.25, 0.3) is 0 Å². The van der Waals surface area contributed by atoms with Gasteiger partial charge in [0.05, 0.1) is 0 Å². The van der Waals surface area contributed by atoms with Crippen LogP contribution in [0.4, 0.5) is 0 Å². The molecule has 0 bridgehead atoms. The van der Waals surface area contributed by atoms with Crippen LogP contribution in [0.1, 0.15) is 15.4 Å². The van der Waals surface area contributed by atoms with E-state index in [4.69, 9.17) is 0 Å². The second kappa shape index (κ2) is 5.77. The van der Waals surface area contributed by atoms with Crippen molar-refractivity contribution >= 4 is 11.3 Å². The van der Waals surface area contributed by atoms with Crippen LogP contribution in [0.5, 0.6) is 0 Å². The SMILES string of the molecule is Cc1cnc(CNCCc2ccccc2)s1. The van der Waals surface area contributed by atoms with E-state index in [9.17, 15) is 0 Å². The Morgan fingerprint density at radius 3 is 2.75 bits per heavy atom. The van der Waals surface area contributed by atoms with Gasteiger partial charge in [0.1, 0.15) is 5.01 Å². The number of thiazole rings is 1. The Bertz CT molecular complexity index is 423. The van der Waals surface area contributed by atoms with Crippen molar-refractivity contribution in [3.05, 3.63) is 52.0 Å². The fourth-order valence-electron chi connectivity index (χ4n) is 1.56. The van der Waals surface area contributed by atoms with Crippen LogP contribution in [0, 0.1) is 6.92 Å². The third kappa shape index (κ3) is 3.43. The standard InChI is InChI=1S/C13H16N2S/c1-11-9-15-13(16-11)10-14-8-7-12-5-3-2-4-6-12/h2-6,9,14H,7-8,10H2,1H3. The van der Waals surface area contributed by atoms with Gasteiger partial charge in [-0.25, -0.2) is 4.98 Å². The molecule has 2 aromatic rings. The summed E-state index contributed by atoms with van der Waals surface area (Å²) in [7, 11) is 0. The molecule has 0 saturated carbocycles. The molecular formula is C13H16N2S. The summed E-state index contributed by atoms with van der Waals surface area (Å²) < 4.78 is 0. The average molecular weight is 232 g/mol. The van der Waals surface area contributed by atoms with Gasteiger partial charge >= 0.3 is 0 Å². The summed E-state index contributed by atoms with van der Waals surface area (Å²) in [6, 6.07) is 10.5. The molecule has 0 aliphatic carbocycles. The first-order valence-electron chi connectivity index (χ1n) is 5.50. The van der Waals surface area contributed by atoms with Crippen LogP contribution in [0.2, 0.25) is 0 Å². The monoisotopic (exact) mass is 232 g/mol. The van der Waals surface area contributed by atoms with Crippen LogP contribution in [0.15, 0.2) is 36.5 Å². The first-order chi connectivity index (χ1) is 7.84. The lowest BCUT2D eigenvalue weighted by molar-refractivity contribution is 0.684. The van der Waals surface area contributed by atoms with Crippen molar-refractivity contribution in [2.45, 2.75) is 19.9 Å². The van der Waals surface area contributed by atoms with Crippen LogP contribution in [-0.2, 0) is 13.0 Å². The summed E-state index contributed by atoms with van der Waals surface area (Å²) in [4.78, 5) is 5.59. The van der Waals surface area contributed by atoms with Gasteiger partial charge in [0.15, 0.2) is 0 Å². The zero-order chi connectivity index (χ0) is 11.2. The van der Waals surface area contributed by atoms with E-state index in [1.54, 1.807) is 11.3 Å². The molecule has 2 rings (SSSR count). The van der Waals surface area contributed by atoms with Crippen molar-refractivity contribution in [1.29, 1.82) is 0 Å². The highest BCUT2D eigenvalue weighted by atomic mass is 32.1. The first kappa shape index (κ1) is 11.3. The molecule has 0 aliphatic heterocycles. The van der Waals surface area contributed by atoms with E-state index in [1.165, 1.54) is 15.4 Å². The molecule has 3 heteroatoms. The lowest BCUT2D eigenvalue weighted by atomic mass is 10.1. The van der Waals surface area contributed by atoms with E-state index in [1.807, 2.05) is 6.20 Å². The molecule has 16 heavy (non-hydrogen) atoms. The van der Waals surface area contributed by atoms with Crippen molar-refractivity contribution < 1.29 is 0 Å². The fourth-order valence-corrected chi connectivity index (χ4v) is 2.31.